The number of carbonyl (C=O) groups excluding carboxylic acids is 3. The Balaban J connectivity index is 1.96. The van der Waals surface area contributed by atoms with E-state index in [1.165, 1.54) is 18.9 Å². The van der Waals surface area contributed by atoms with E-state index >= 15 is 0 Å². The number of nitrogens with zero attached hydrogens (tertiary/aromatic N) is 1. The molecule has 27 heavy (non-hydrogen) atoms. The molecule has 0 aliphatic carbocycles. The number of methoxy groups -OCH3 is 1. The predicted octanol–water partition coefficient (Wildman–Crippen LogP) is 2.49. The number of hydrogen-bond donors (Lipinski definition) is 1. The summed E-state index contributed by atoms with van der Waals surface area (Å²) in [7, 11) is 1.31. The molecule has 0 heterocycles. The van der Waals surface area contributed by atoms with Gasteiger partial charge in [-0.25, -0.2) is 4.79 Å². The van der Waals surface area contributed by atoms with Crippen molar-refractivity contribution in [1.29, 1.82) is 0 Å². The second-order valence-electron chi connectivity index (χ2n) is 6.23. The molecule has 6 heteroatoms. The Kier molecular flexibility index (Phi) is 7.11. The molecule has 0 bridgehead atoms. The van der Waals surface area contributed by atoms with E-state index in [0.717, 1.165) is 11.1 Å². The average molecular weight is 368 g/mol. The van der Waals surface area contributed by atoms with E-state index < -0.39 is 5.97 Å². The van der Waals surface area contributed by atoms with Crippen molar-refractivity contribution in [2.45, 2.75) is 20.3 Å². The third kappa shape index (κ3) is 5.95. The number of anilines is 1. The van der Waals surface area contributed by atoms with Crippen LogP contribution < -0.4 is 10.2 Å². The van der Waals surface area contributed by atoms with Gasteiger partial charge in [0.1, 0.15) is 0 Å². The zero-order chi connectivity index (χ0) is 19.8. The molecule has 1 N–H and O–H groups in total. The van der Waals surface area contributed by atoms with Gasteiger partial charge in [0.15, 0.2) is 0 Å². The number of carbonyl (C=O) groups is 3. The van der Waals surface area contributed by atoms with E-state index in [1.54, 1.807) is 24.3 Å². The smallest absolute Gasteiger partial charge is 0.337 e. The Hall–Kier alpha value is -3.15. The number of benzene rings is 2. The van der Waals surface area contributed by atoms with Crippen LogP contribution in [0.2, 0.25) is 0 Å². The van der Waals surface area contributed by atoms with Gasteiger partial charge in [0.25, 0.3) is 0 Å². The van der Waals surface area contributed by atoms with Crippen LogP contribution >= 0.6 is 0 Å². The van der Waals surface area contributed by atoms with E-state index in [4.69, 9.17) is 4.74 Å². The Morgan fingerprint density at radius 1 is 1.07 bits per heavy atom. The lowest BCUT2D eigenvalue weighted by atomic mass is 10.1. The van der Waals surface area contributed by atoms with Gasteiger partial charge in [-0.1, -0.05) is 35.9 Å². The molecule has 6 nitrogen and oxygen atoms in total. The number of nitrogens with one attached hydrogen (secondary N) is 1. The molecule has 0 unspecified atom stereocenters. The molecule has 0 saturated heterocycles. The van der Waals surface area contributed by atoms with Crippen LogP contribution in [0.3, 0.4) is 0 Å². The van der Waals surface area contributed by atoms with Gasteiger partial charge in [0, 0.05) is 25.7 Å². The first kappa shape index (κ1) is 20.2. The third-order valence-electron chi connectivity index (χ3n) is 4.06. The minimum atomic E-state index is -0.466. The summed E-state index contributed by atoms with van der Waals surface area (Å²) in [6, 6.07) is 14.4. The number of hydrogen-bond acceptors (Lipinski definition) is 4. The molecule has 0 spiro atoms. The monoisotopic (exact) mass is 368 g/mol. The van der Waals surface area contributed by atoms with E-state index in [0.29, 0.717) is 30.8 Å². The summed E-state index contributed by atoms with van der Waals surface area (Å²) in [4.78, 5) is 37.3. The lowest BCUT2D eigenvalue weighted by Crippen LogP contribution is -2.38. The Bertz CT molecular complexity index is 832. The highest BCUT2D eigenvalue weighted by Gasteiger charge is 2.14. The molecular weight excluding hydrogens is 344 g/mol. The number of amides is 2. The summed E-state index contributed by atoms with van der Waals surface area (Å²) < 4.78 is 4.71. The second kappa shape index (κ2) is 9.52. The van der Waals surface area contributed by atoms with E-state index in [9.17, 15) is 14.4 Å². The quantitative estimate of drug-likeness (QED) is 0.762. The van der Waals surface area contributed by atoms with Crippen molar-refractivity contribution >= 4 is 23.5 Å². The van der Waals surface area contributed by atoms with Gasteiger partial charge in [0.2, 0.25) is 11.8 Å². The zero-order valence-electron chi connectivity index (χ0n) is 15.8. The van der Waals surface area contributed by atoms with Crippen LogP contribution in [0.4, 0.5) is 5.69 Å². The fraction of sp³-hybridized carbons (Fsp3) is 0.286. The second-order valence-corrected chi connectivity index (χ2v) is 6.23. The maximum Gasteiger partial charge on any atom is 0.337 e. The van der Waals surface area contributed by atoms with Crippen molar-refractivity contribution in [3.05, 3.63) is 65.2 Å². The van der Waals surface area contributed by atoms with Crippen LogP contribution in [-0.2, 0) is 20.7 Å². The van der Waals surface area contributed by atoms with Crippen LogP contribution in [-0.4, -0.2) is 38.0 Å². The molecule has 2 amide bonds. The van der Waals surface area contributed by atoms with Crippen LogP contribution in [0.5, 0.6) is 0 Å². The molecule has 0 aromatic heterocycles. The minimum absolute atomic E-state index is 0.104. The first-order valence-electron chi connectivity index (χ1n) is 8.69. The predicted molar refractivity (Wildman–Crippen MR) is 104 cm³/mol. The highest BCUT2D eigenvalue weighted by atomic mass is 16.5. The summed E-state index contributed by atoms with van der Waals surface area (Å²) in [6.07, 6.45) is 0.291. The first-order valence-corrected chi connectivity index (χ1v) is 8.69. The van der Waals surface area contributed by atoms with Gasteiger partial charge in [0.05, 0.1) is 19.1 Å². The highest BCUT2D eigenvalue weighted by Crippen LogP contribution is 2.17. The van der Waals surface area contributed by atoms with Crippen LogP contribution in [0.1, 0.15) is 28.4 Å². The van der Waals surface area contributed by atoms with Crippen LogP contribution in [0.25, 0.3) is 0 Å². The molecule has 2 aromatic rings. The van der Waals surface area contributed by atoms with Gasteiger partial charge >= 0.3 is 5.97 Å². The van der Waals surface area contributed by atoms with Gasteiger partial charge < -0.3 is 15.0 Å². The van der Waals surface area contributed by atoms with Gasteiger partial charge in [-0.15, -0.1) is 0 Å². The summed E-state index contributed by atoms with van der Waals surface area (Å²) in [5.74, 6) is -0.746. The summed E-state index contributed by atoms with van der Waals surface area (Å²) in [5, 5.41) is 2.83. The molecule has 2 rings (SSSR count). The number of rotatable bonds is 7. The van der Waals surface area contributed by atoms with E-state index in [1.807, 2.05) is 31.2 Å². The van der Waals surface area contributed by atoms with E-state index in [-0.39, 0.29) is 11.8 Å². The van der Waals surface area contributed by atoms with Gasteiger partial charge in [-0.05, 0) is 30.7 Å². The molecule has 0 atom stereocenters. The molecule has 0 aliphatic rings. The van der Waals surface area contributed by atoms with Crippen molar-refractivity contribution in [1.82, 2.24) is 5.32 Å². The van der Waals surface area contributed by atoms with Crippen molar-refractivity contribution in [3.63, 3.8) is 0 Å². The van der Waals surface area contributed by atoms with Gasteiger partial charge in [-0.3, -0.25) is 9.59 Å². The topological polar surface area (TPSA) is 75.7 Å². The molecule has 0 radical (unpaired) electrons. The SMILES string of the molecule is COC(=O)c1cccc(N(CCNC(=O)Cc2cccc(C)c2)C(C)=O)c1. The maximum atomic E-state index is 12.1. The molecular formula is C21H24N2O4. The summed E-state index contributed by atoms with van der Waals surface area (Å²) in [6.45, 7) is 4.04. The van der Waals surface area contributed by atoms with Crippen molar-refractivity contribution in [3.8, 4) is 0 Å². The standard InChI is InChI=1S/C21H24N2O4/c1-15-6-4-7-17(12-15)13-20(25)22-10-11-23(16(2)24)19-9-5-8-18(14-19)21(26)27-3/h4-9,12,14H,10-11,13H2,1-3H3,(H,22,25). The van der Waals surface area contributed by atoms with Crippen molar-refractivity contribution in [2.24, 2.45) is 0 Å². The molecule has 0 aliphatic heterocycles. The highest BCUT2D eigenvalue weighted by molar-refractivity contribution is 5.95. The molecule has 0 saturated carbocycles. The first-order chi connectivity index (χ1) is 12.9. The normalized spacial score (nSPS) is 10.2. The Labute approximate surface area is 159 Å². The van der Waals surface area contributed by atoms with Crippen molar-refractivity contribution < 1.29 is 19.1 Å². The lowest BCUT2D eigenvalue weighted by molar-refractivity contribution is -0.121. The summed E-state index contributed by atoms with van der Waals surface area (Å²) >= 11 is 0. The Morgan fingerprint density at radius 3 is 2.48 bits per heavy atom. The number of ether oxygens (including phenoxy) is 1. The van der Waals surface area contributed by atoms with Gasteiger partial charge in [-0.2, -0.15) is 0 Å². The molecule has 142 valence electrons. The average Bonchev–Trinajstić information content (AvgIpc) is 2.64. The van der Waals surface area contributed by atoms with Crippen LogP contribution in [0, 0.1) is 6.92 Å². The largest absolute Gasteiger partial charge is 0.465 e. The Morgan fingerprint density at radius 2 is 1.81 bits per heavy atom. The van der Waals surface area contributed by atoms with E-state index in [2.05, 4.69) is 5.32 Å². The minimum Gasteiger partial charge on any atom is -0.465 e. The number of esters is 1. The molecule has 2 aromatic carbocycles. The maximum absolute atomic E-state index is 12.1. The molecule has 0 fully saturated rings. The fourth-order valence-electron chi connectivity index (χ4n) is 2.76. The van der Waals surface area contributed by atoms with Crippen LogP contribution in [0.15, 0.2) is 48.5 Å². The summed E-state index contributed by atoms with van der Waals surface area (Å²) in [5.41, 5.74) is 3.00. The number of aryl methyl sites for hydroxylation is 1. The van der Waals surface area contributed by atoms with Crippen molar-refractivity contribution in [2.75, 3.05) is 25.1 Å². The zero-order valence-corrected chi connectivity index (χ0v) is 15.8. The fourth-order valence-corrected chi connectivity index (χ4v) is 2.76. The third-order valence-corrected chi connectivity index (χ3v) is 4.06. The lowest BCUT2D eigenvalue weighted by Gasteiger charge is -2.22.